The molecule has 1 fully saturated rings. The van der Waals surface area contributed by atoms with Crippen LogP contribution in [0.5, 0.6) is 0 Å². The fourth-order valence-corrected chi connectivity index (χ4v) is 3.48. The van der Waals surface area contributed by atoms with Crippen molar-refractivity contribution in [2.45, 2.75) is 46.6 Å². The molecular weight excluding hydrogens is 272 g/mol. The van der Waals surface area contributed by atoms with Crippen LogP contribution in [0.4, 0.5) is 0 Å². The van der Waals surface area contributed by atoms with Crippen LogP contribution in [-0.4, -0.2) is 39.1 Å². The molecule has 0 radical (unpaired) electrons. The van der Waals surface area contributed by atoms with E-state index in [2.05, 4.69) is 41.3 Å². The minimum Gasteiger partial charge on any atom is -0.312 e. The van der Waals surface area contributed by atoms with Crippen LogP contribution in [0.25, 0.3) is 11.2 Å². The maximum absolute atomic E-state index is 4.89. The molecule has 0 saturated carbocycles. The molecule has 22 heavy (non-hydrogen) atoms. The third-order valence-corrected chi connectivity index (χ3v) is 4.76. The maximum Gasteiger partial charge on any atom is 0.159 e. The molecule has 120 valence electrons. The lowest BCUT2D eigenvalue weighted by atomic mass is 9.93. The predicted molar refractivity (Wildman–Crippen MR) is 90.9 cm³/mol. The molecule has 3 heterocycles. The molecule has 0 atom stereocenters. The number of piperidine rings is 1. The summed E-state index contributed by atoms with van der Waals surface area (Å²) in [7, 11) is 0. The van der Waals surface area contributed by atoms with E-state index < -0.39 is 0 Å². The van der Waals surface area contributed by atoms with E-state index in [1.807, 2.05) is 12.3 Å². The van der Waals surface area contributed by atoms with Crippen LogP contribution in [0.1, 0.15) is 39.4 Å². The molecule has 4 heteroatoms. The van der Waals surface area contributed by atoms with Gasteiger partial charge in [-0.15, -0.1) is 0 Å². The Kier molecular flexibility index (Phi) is 4.77. The number of nitrogens with zero attached hydrogens (tertiary/aromatic N) is 4. The lowest BCUT2D eigenvalue weighted by molar-refractivity contribution is 0.190. The van der Waals surface area contributed by atoms with Gasteiger partial charge in [-0.25, -0.2) is 9.97 Å². The second-order valence-electron chi connectivity index (χ2n) is 6.96. The van der Waals surface area contributed by atoms with Crippen LogP contribution in [0, 0.1) is 11.8 Å². The summed E-state index contributed by atoms with van der Waals surface area (Å²) < 4.78 is 2.35. The van der Waals surface area contributed by atoms with E-state index in [1.54, 1.807) is 0 Å². The fraction of sp³-hybridized carbons (Fsp3) is 0.667. The second-order valence-corrected chi connectivity index (χ2v) is 6.96. The van der Waals surface area contributed by atoms with Gasteiger partial charge in [-0.2, -0.15) is 0 Å². The molecule has 4 nitrogen and oxygen atoms in total. The van der Waals surface area contributed by atoms with Crippen LogP contribution >= 0.6 is 0 Å². The Balaban J connectivity index is 1.80. The molecule has 1 aliphatic rings. The summed E-state index contributed by atoms with van der Waals surface area (Å²) in [5.74, 6) is 2.61. The monoisotopic (exact) mass is 300 g/mol. The summed E-state index contributed by atoms with van der Waals surface area (Å²) >= 11 is 0. The quantitative estimate of drug-likeness (QED) is 0.849. The highest BCUT2D eigenvalue weighted by Crippen LogP contribution is 2.24. The Labute approximate surface area is 133 Å². The molecule has 0 spiro atoms. The first-order valence-electron chi connectivity index (χ1n) is 8.69. The van der Waals surface area contributed by atoms with Crippen molar-refractivity contribution in [3.8, 4) is 0 Å². The molecule has 0 bridgehead atoms. The van der Waals surface area contributed by atoms with E-state index in [0.717, 1.165) is 30.0 Å². The SMILES string of the molecule is CCN1CCC(Cc2nc3cccnc3n2CC(C)C)CC1. The highest BCUT2D eigenvalue weighted by atomic mass is 15.1. The fourth-order valence-electron chi connectivity index (χ4n) is 3.48. The molecule has 1 aliphatic heterocycles. The molecule has 2 aromatic heterocycles. The first-order chi connectivity index (χ1) is 10.7. The Morgan fingerprint density at radius 3 is 2.73 bits per heavy atom. The van der Waals surface area contributed by atoms with Crippen LogP contribution < -0.4 is 0 Å². The highest BCUT2D eigenvalue weighted by Gasteiger charge is 2.21. The maximum atomic E-state index is 4.89. The average molecular weight is 300 g/mol. The molecule has 0 aliphatic carbocycles. The minimum atomic E-state index is 0.611. The summed E-state index contributed by atoms with van der Waals surface area (Å²) in [6.45, 7) is 11.5. The van der Waals surface area contributed by atoms with Gasteiger partial charge in [0.1, 0.15) is 11.3 Å². The second kappa shape index (κ2) is 6.78. The molecule has 2 aromatic rings. The first kappa shape index (κ1) is 15.5. The van der Waals surface area contributed by atoms with E-state index in [9.17, 15) is 0 Å². The molecule has 0 aromatic carbocycles. The number of rotatable bonds is 5. The van der Waals surface area contributed by atoms with E-state index in [-0.39, 0.29) is 0 Å². The van der Waals surface area contributed by atoms with E-state index in [0.29, 0.717) is 5.92 Å². The zero-order valence-corrected chi connectivity index (χ0v) is 14.1. The van der Waals surface area contributed by atoms with Crippen LogP contribution in [-0.2, 0) is 13.0 Å². The van der Waals surface area contributed by atoms with Crippen molar-refractivity contribution >= 4 is 11.2 Å². The average Bonchev–Trinajstić information content (AvgIpc) is 2.85. The van der Waals surface area contributed by atoms with Crippen molar-refractivity contribution in [3.63, 3.8) is 0 Å². The number of pyridine rings is 1. The zero-order chi connectivity index (χ0) is 15.5. The Morgan fingerprint density at radius 2 is 2.05 bits per heavy atom. The summed E-state index contributed by atoms with van der Waals surface area (Å²) in [6, 6.07) is 4.07. The molecule has 3 rings (SSSR count). The minimum absolute atomic E-state index is 0.611. The molecule has 0 unspecified atom stereocenters. The van der Waals surface area contributed by atoms with Gasteiger partial charge in [-0.3, -0.25) is 0 Å². The molecular formula is C18H28N4. The number of aromatic nitrogens is 3. The van der Waals surface area contributed by atoms with Crippen molar-refractivity contribution in [2.24, 2.45) is 11.8 Å². The third-order valence-electron chi connectivity index (χ3n) is 4.76. The number of fused-ring (bicyclic) bond motifs is 1. The van der Waals surface area contributed by atoms with E-state index >= 15 is 0 Å². The van der Waals surface area contributed by atoms with Gasteiger partial charge < -0.3 is 9.47 Å². The number of hydrogen-bond donors (Lipinski definition) is 0. The van der Waals surface area contributed by atoms with Crippen molar-refractivity contribution in [2.75, 3.05) is 19.6 Å². The summed E-state index contributed by atoms with van der Waals surface area (Å²) in [5, 5.41) is 0. The van der Waals surface area contributed by atoms with Gasteiger partial charge in [-0.05, 0) is 56.4 Å². The van der Waals surface area contributed by atoms with Gasteiger partial charge in [0.25, 0.3) is 0 Å². The molecule has 1 saturated heterocycles. The first-order valence-corrected chi connectivity index (χ1v) is 8.69. The predicted octanol–water partition coefficient (Wildman–Crippen LogP) is 3.36. The number of likely N-dealkylation sites (tertiary alicyclic amines) is 1. The number of hydrogen-bond acceptors (Lipinski definition) is 3. The van der Waals surface area contributed by atoms with E-state index in [4.69, 9.17) is 4.98 Å². The Hall–Kier alpha value is -1.42. The van der Waals surface area contributed by atoms with Crippen molar-refractivity contribution in [1.82, 2.24) is 19.4 Å². The molecule has 0 N–H and O–H groups in total. The van der Waals surface area contributed by atoms with Gasteiger partial charge in [0.05, 0.1) is 0 Å². The third kappa shape index (κ3) is 3.32. The Bertz CT molecular complexity index is 609. The Morgan fingerprint density at radius 1 is 1.27 bits per heavy atom. The topological polar surface area (TPSA) is 34.0 Å². The summed E-state index contributed by atoms with van der Waals surface area (Å²) in [6.07, 6.45) is 5.57. The van der Waals surface area contributed by atoms with Crippen molar-refractivity contribution < 1.29 is 0 Å². The lowest BCUT2D eigenvalue weighted by Crippen LogP contribution is -2.34. The lowest BCUT2D eigenvalue weighted by Gasteiger charge is -2.31. The zero-order valence-electron chi connectivity index (χ0n) is 14.1. The highest BCUT2D eigenvalue weighted by molar-refractivity contribution is 5.71. The van der Waals surface area contributed by atoms with E-state index in [1.165, 1.54) is 38.3 Å². The molecule has 0 amide bonds. The van der Waals surface area contributed by atoms with Gasteiger partial charge in [0.2, 0.25) is 0 Å². The standard InChI is InChI=1S/C18H28N4/c1-4-21-10-7-15(8-11-21)12-17-20-16-6-5-9-19-18(16)22(17)13-14(2)3/h5-6,9,14-15H,4,7-8,10-13H2,1-3H3. The largest absolute Gasteiger partial charge is 0.312 e. The van der Waals surface area contributed by atoms with Gasteiger partial charge in [0.15, 0.2) is 5.65 Å². The van der Waals surface area contributed by atoms with Gasteiger partial charge in [-0.1, -0.05) is 20.8 Å². The summed E-state index contributed by atoms with van der Waals surface area (Å²) in [4.78, 5) is 12.0. The number of imidazole rings is 1. The van der Waals surface area contributed by atoms with Gasteiger partial charge in [0, 0.05) is 19.2 Å². The van der Waals surface area contributed by atoms with Crippen molar-refractivity contribution in [1.29, 1.82) is 0 Å². The summed E-state index contributed by atoms with van der Waals surface area (Å²) in [5.41, 5.74) is 2.10. The smallest absolute Gasteiger partial charge is 0.159 e. The van der Waals surface area contributed by atoms with Crippen molar-refractivity contribution in [3.05, 3.63) is 24.2 Å². The normalized spacial score (nSPS) is 17.6. The van der Waals surface area contributed by atoms with Crippen LogP contribution in [0.3, 0.4) is 0 Å². The van der Waals surface area contributed by atoms with Gasteiger partial charge >= 0.3 is 0 Å². The van der Waals surface area contributed by atoms with Crippen LogP contribution in [0.15, 0.2) is 18.3 Å². The van der Waals surface area contributed by atoms with Crippen LogP contribution in [0.2, 0.25) is 0 Å².